The zero-order valence-electron chi connectivity index (χ0n) is 15.4. The van der Waals surface area contributed by atoms with Gasteiger partial charge in [-0.1, -0.05) is 41.4 Å². The number of rotatable bonds is 6. The van der Waals surface area contributed by atoms with Gasteiger partial charge in [0.2, 0.25) is 5.91 Å². The van der Waals surface area contributed by atoms with Crippen LogP contribution in [0.25, 0.3) is 0 Å². The number of nitrogens with zero attached hydrogens (tertiary/aromatic N) is 1. The molecule has 1 amide bonds. The molecule has 6 heteroatoms. The second-order valence-corrected chi connectivity index (χ2v) is 7.74. The van der Waals surface area contributed by atoms with E-state index in [2.05, 4.69) is 10.2 Å². The van der Waals surface area contributed by atoms with Crippen LogP contribution in [-0.2, 0) is 22.7 Å². The summed E-state index contributed by atoms with van der Waals surface area (Å²) in [4.78, 5) is 14.9. The Labute approximate surface area is 170 Å². The molecule has 2 aromatic rings. The fourth-order valence-corrected chi connectivity index (χ4v) is 3.72. The third-order valence-electron chi connectivity index (χ3n) is 4.85. The monoisotopic (exact) mass is 406 g/mol. The Balaban J connectivity index is 1.50. The molecule has 0 atom stereocenters. The average Bonchev–Trinajstić information content (AvgIpc) is 2.66. The van der Waals surface area contributed by atoms with E-state index in [0.717, 1.165) is 49.3 Å². The molecule has 4 nitrogen and oxygen atoms in total. The minimum Gasteiger partial charge on any atom is -0.380 e. The molecule has 0 radical (unpaired) electrons. The Kier molecular flexibility index (Phi) is 7.13. The molecule has 0 unspecified atom stereocenters. The van der Waals surface area contributed by atoms with Crippen molar-refractivity contribution in [2.75, 3.05) is 25.5 Å². The zero-order chi connectivity index (χ0) is 19.2. The van der Waals surface area contributed by atoms with E-state index in [4.69, 9.17) is 27.9 Å². The van der Waals surface area contributed by atoms with E-state index in [0.29, 0.717) is 16.7 Å². The third kappa shape index (κ3) is 5.69. The van der Waals surface area contributed by atoms with E-state index in [1.165, 1.54) is 0 Å². The van der Waals surface area contributed by atoms with Crippen LogP contribution in [0.4, 0.5) is 5.69 Å². The quantitative estimate of drug-likeness (QED) is 0.734. The van der Waals surface area contributed by atoms with Crippen LogP contribution >= 0.6 is 23.2 Å². The second kappa shape index (κ2) is 9.56. The number of likely N-dealkylation sites (tertiary alicyclic amines) is 1. The van der Waals surface area contributed by atoms with Crippen LogP contribution in [0.15, 0.2) is 42.5 Å². The average molecular weight is 407 g/mol. The summed E-state index contributed by atoms with van der Waals surface area (Å²) in [6, 6.07) is 13.5. The Morgan fingerprint density at radius 3 is 2.59 bits per heavy atom. The van der Waals surface area contributed by atoms with Gasteiger partial charge in [0.25, 0.3) is 0 Å². The van der Waals surface area contributed by atoms with Crippen molar-refractivity contribution in [3.05, 3.63) is 63.6 Å². The van der Waals surface area contributed by atoms with E-state index >= 15 is 0 Å². The number of anilines is 1. The van der Waals surface area contributed by atoms with E-state index in [-0.39, 0.29) is 11.8 Å². The first-order valence-electron chi connectivity index (χ1n) is 9.10. The Bertz CT molecular complexity index is 790. The van der Waals surface area contributed by atoms with Gasteiger partial charge in [0.1, 0.15) is 0 Å². The number of ether oxygens (including phenoxy) is 1. The largest absolute Gasteiger partial charge is 0.380 e. The maximum atomic E-state index is 12.6. The summed E-state index contributed by atoms with van der Waals surface area (Å²) in [6.45, 7) is 3.14. The fourth-order valence-electron chi connectivity index (χ4n) is 3.40. The van der Waals surface area contributed by atoms with Gasteiger partial charge in [-0.3, -0.25) is 9.69 Å². The Morgan fingerprint density at radius 2 is 1.89 bits per heavy atom. The lowest BCUT2D eigenvalue weighted by atomic mass is 9.95. The summed E-state index contributed by atoms with van der Waals surface area (Å²) < 4.78 is 5.14. The normalized spacial score (nSPS) is 15.7. The number of methoxy groups -OCH3 is 1. The smallest absolute Gasteiger partial charge is 0.227 e. The molecule has 1 heterocycles. The molecule has 0 saturated carbocycles. The number of piperidine rings is 1. The van der Waals surface area contributed by atoms with E-state index < -0.39 is 0 Å². The minimum atomic E-state index is 0.0427. The SMILES string of the molecule is COCc1cccc(NC(=O)C2CCN(Cc3ccc(Cl)c(Cl)c3)CC2)c1. The van der Waals surface area contributed by atoms with Crippen LogP contribution in [0.2, 0.25) is 10.0 Å². The van der Waals surface area contributed by atoms with Crippen LogP contribution in [-0.4, -0.2) is 31.0 Å². The van der Waals surface area contributed by atoms with E-state index in [1.54, 1.807) is 7.11 Å². The Morgan fingerprint density at radius 1 is 1.11 bits per heavy atom. The number of benzene rings is 2. The third-order valence-corrected chi connectivity index (χ3v) is 5.59. The molecular weight excluding hydrogens is 383 g/mol. The number of hydrogen-bond acceptors (Lipinski definition) is 3. The molecule has 0 aliphatic carbocycles. The number of halogens is 2. The predicted molar refractivity (Wildman–Crippen MR) is 110 cm³/mol. The number of hydrogen-bond donors (Lipinski definition) is 1. The summed E-state index contributed by atoms with van der Waals surface area (Å²) in [5.74, 6) is 0.139. The predicted octanol–water partition coefficient (Wildman–Crippen LogP) is 4.99. The maximum absolute atomic E-state index is 12.6. The number of nitrogens with one attached hydrogen (secondary N) is 1. The molecule has 144 valence electrons. The number of amides is 1. The van der Waals surface area contributed by atoms with Crippen LogP contribution in [0.5, 0.6) is 0 Å². The molecule has 1 N–H and O–H groups in total. The molecule has 1 fully saturated rings. The summed E-state index contributed by atoms with van der Waals surface area (Å²) >= 11 is 12.1. The fraction of sp³-hybridized carbons (Fsp3) is 0.381. The summed E-state index contributed by atoms with van der Waals surface area (Å²) in [6.07, 6.45) is 1.70. The lowest BCUT2D eigenvalue weighted by Gasteiger charge is -2.31. The van der Waals surface area contributed by atoms with Gasteiger partial charge in [0, 0.05) is 25.3 Å². The summed E-state index contributed by atoms with van der Waals surface area (Å²) in [5, 5.41) is 4.20. The summed E-state index contributed by atoms with van der Waals surface area (Å²) in [5.41, 5.74) is 3.02. The van der Waals surface area contributed by atoms with Gasteiger partial charge in [0.15, 0.2) is 0 Å². The molecule has 1 aliphatic heterocycles. The van der Waals surface area contributed by atoms with Gasteiger partial charge in [-0.05, 0) is 61.3 Å². The van der Waals surface area contributed by atoms with Crippen molar-refractivity contribution in [3.8, 4) is 0 Å². The van der Waals surface area contributed by atoms with E-state index in [1.807, 2.05) is 42.5 Å². The highest BCUT2D eigenvalue weighted by Crippen LogP contribution is 2.25. The molecule has 0 aromatic heterocycles. The number of carbonyl (C=O) groups excluding carboxylic acids is 1. The molecule has 3 rings (SSSR count). The second-order valence-electron chi connectivity index (χ2n) is 6.92. The standard InChI is InChI=1S/C21H24Cl2N2O2/c1-27-14-16-3-2-4-18(11-16)24-21(26)17-7-9-25(10-8-17)13-15-5-6-19(22)20(23)12-15/h2-6,11-12,17H,7-10,13-14H2,1H3,(H,24,26). The topological polar surface area (TPSA) is 41.6 Å². The molecule has 2 aromatic carbocycles. The molecular formula is C21H24Cl2N2O2. The first-order chi connectivity index (χ1) is 13.0. The zero-order valence-corrected chi connectivity index (χ0v) is 16.9. The van der Waals surface area contributed by atoms with Crippen LogP contribution in [0, 0.1) is 5.92 Å². The Hall–Kier alpha value is -1.59. The molecule has 1 aliphatic rings. The molecule has 27 heavy (non-hydrogen) atoms. The van der Waals surface area contributed by atoms with Crippen molar-refractivity contribution >= 4 is 34.8 Å². The van der Waals surface area contributed by atoms with Crippen LogP contribution in [0.1, 0.15) is 24.0 Å². The van der Waals surface area contributed by atoms with Gasteiger partial charge >= 0.3 is 0 Å². The van der Waals surface area contributed by atoms with Crippen molar-refractivity contribution in [2.24, 2.45) is 5.92 Å². The van der Waals surface area contributed by atoms with Crippen molar-refractivity contribution in [1.82, 2.24) is 4.90 Å². The van der Waals surface area contributed by atoms with Gasteiger partial charge in [-0.2, -0.15) is 0 Å². The number of carbonyl (C=O) groups is 1. The van der Waals surface area contributed by atoms with Crippen molar-refractivity contribution in [1.29, 1.82) is 0 Å². The molecule has 1 saturated heterocycles. The summed E-state index contributed by atoms with van der Waals surface area (Å²) in [7, 11) is 1.66. The first kappa shape index (κ1) is 20.2. The van der Waals surface area contributed by atoms with Crippen LogP contribution < -0.4 is 5.32 Å². The lowest BCUT2D eigenvalue weighted by molar-refractivity contribution is -0.121. The minimum absolute atomic E-state index is 0.0427. The van der Waals surface area contributed by atoms with Gasteiger partial charge in [-0.15, -0.1) is 0 Å². The van der Waals surface area contributed by atoms with E-state index in [9.17, 15) is 4.79 Å². The first-order valence-corrected chi connectivity index (χ1v) is 9.86. The van der Waals surface area contributed by atoms with Gasteiger partial charge in [-0.25, -0.2) is 0 Å². The van der Waals surface area contributed by atoms with Crippen molar-refractivity contribution in [3.63, 3.8) is 0 Å². The van der Waals surface area contributed by atoms with Crippen molar-refractivity contribution in [2.45, 2.75) is 26.0 Å². The molecule has 0 spiro atoms. The van der Waals surface area contributed by atoms with Crippen LogP contribution in [0.3, 0.4) is 0 Å². The van der Waals surface area contributed by atoms with Crippen molar-refractivity contribution < 1.29 is 9.53 Å². The molecule has 0 bridgehead atoms. The highest BCUT2D eigenvalue weighted by molar-refractivity contribution is 6.42. The highest BCUT2D eigenvalue weighted by atomic mass is 35.5. The van der Waals surface area contributed by atoms with Gasteiger partial charge < -0.3 is 10.1 Å². The van der Waals surface area contributed by atoms with Gasteiger partial charge in [0.05, 0.1) is 16.7 Å². The maximum Gasteiger partial charge on any atom is 0.227 e. The lowest BCUT2D eigenvalue weighted by Crippen LogP contribution is -2.37. The highest BCUT2D eigenvalue weighted by Gasteiger charge is 2.25.